The van der Waals surface area contributed by atoms with Crippen LogP contribution in [0.2, 0.25) is 0 Å². The van der Waals surface area contributed by atoms with Crippen molar-refractivity contribution in [2.45, 2.75) is 19.1 Å². The summed E-state index contributed by atoms with van der Waals surface area (Å²) in [6.45, 7) is 1.88. The molecule has 0 bridgehead atoms. The summed E-state index contributed by atoms with van der Waals surface area (Å²) < 4.78 is 16.5. The van der Waals surface area contributed by atoms with Gasteiger partial charge in [-0.05, 0) is 31.2 Å². The summed E-state index contributed by atoms with van der Waals surface area (Å²) in [5, 5.41) is 0. The van der Waals surface area contributed by atoms with Crippen molar-refractivity contribution >= 4 is 0 Å². The number of hydrogen-bond donors (Lipinski definition) is 1. The Morgan fingerprint density at radius 2 is 1.83 bits per heavy atom. The molecule has 0 fully saturated rings. The fraction of sp³-hybridized carbons (Fsp3) is 0.286. The van der Waals surface area contributed by atoms with Crippen molar-refractivity contribution in [3.05, 3.63) is 48.4 Å². The number of nitrogens with two attached hydrogens (primary N) is 1. The zero-order valence-corrected chi connectivity index (χ0v) is 10.5. The molecule has 0 radical (unpaired) electrons. The smallest absolute Gasteiger partial charge is 0.171 e. The van der Waals surface area contributed by atoms with Gasteiger partial charge in [0.1, 0.15) is 5.76 Å². The third kappa shape index (κ3) is 2.65. The Morgan fingerprint density at radius 3 is 2.39 bits per heavy atom. The van der Waals surface area contributed by atoms with E-state index >= 15 is 0 Å². The van der Waals surface area contributed by atoms with Crippen molar-refractivity contribution < 1.29 is 13.9 Å². The lowest BCUT2D eigenvalue weighted by atomic mass is 10.1. The van der Waals surface area contributed by atoms with Crippen LogP contribution in [-0.2, 0) is 0 Å². The first-order valence-electron chi connectivity index (χ1n) is 5.81. The van der Waals surface area contributed by atoms with Crippen molar-refractivity contribution in [3.8, 4) is 11.5 Å². The lowest BCUT2D eigenvalue weighted by Crippen LogP contribution is -2.28. The van der Waals surface area contributed by atoms with Crippen LogP contribution in [0.25, 0.3) is 0 Å². The molecule has 1 heterocycles. The average Bonchev–Trinajstić information content (AvgIpc) is 2.89. The molecule has 0 saturated carbocycles. The monoisotopic (exact) mass is 247 g/mol. The van der Waals surface area contributed by atoms with Gasteiger partial charge >= 0.3 is 0 Å². The van der Waals surface area contributed by atoms with Gasteiger partial charge in [-0.1, -0.05) is 12.1 Å². The summed E-state index contributed by atoms with van der Waals surface area (Å²) in [5.74, 6) is 2.03. The van der Waals surface area contributed by atoms with Crippen LogP contribution in [0.4, 0.5) is 0 Å². The van der Waals surface area contributed by atoms with Crippen LogP contribution in [0.3, 0.4) is 0 Å². The van der Waals surface area contributed by atoms with Crippen molar-refractivity contribution in [1.82, 2.24) is 0 Å². The molecular formula is C14H17NO3. The van der Waals surface area contributed by atoms with Gasteiger partial charge in [0.25, 0.3) is 0 Å². The van der Waals surface area contributed by atoms with Crippen LogP contribution >= 0.6 is 0 Å². The maximum Gasteiger partial charge on any atom is 0.171 e. The quantitative estimate of drug-likeness (QED) is 0.882. The van der Waals surface area contributed by atoms with Gasteiger partial charge in [-0.2, -0.15) is 0 Å². The first-order chi connectivity index (χ1) is 8.72. The second-order valence-electron chi connectivity index (χ2n) is 4.06. The van der Waals surface area contributed by atoms with Crippen molar-refractivity contribution in [3.63, 3.8) is 0 Å². The first-order valence-corrected chi connectivity index (χ1v) is 5.81. The van der Waals surface area contributed by atoms with Gasteiger partial charge in [-0.3, -0.25) is 0 Å². The Labute approximate surface area is 106 Å². The van der Waals surface area contributed by atoms with Gasteiger partial charge in [-0.15, -0.1) is 0 Å². The highest BCUT2D eigenvalue weighted by atomic mass is 16.5. The highest BCUT2D eigenvalue weighted by Gasteiger charge is 2.22. The van der Waals surface area contributed by atoms with Gasteiger partial charge < -0.3 is 19.6 Å². The Bertz CT molecular complexity index is 480. The molecule has 18 heavy (non-hydrogen) atoms. The van der Waals surface area contributed by atoms with E-state index in [0.29, 0.717) is 17.3 Å². The van der Waals surface area contributed by atoms with Gasteiger partial charge in [-0.25, -0.2) is 0 Å². The van der Waals surface area contributed by atoms with E-state index in [1.54, 1.807) is 13.4 Å². The predicted octanol–water partition coefficient (Wildman–Crippen LogP) is 2.76. The van der Waals surface area contributed by atoms with E-state index in [9.17, 15) is 0 Å². The Morgan fingerprint density at radius 1 is 1.11 bits per heavy atom. The average molecular weight is 247 g/mol. The van der Waals surface area contributed by atoms with E-state index in [2.05, 4.69) is 0 Å². The fourth-order valence-electron chi connectivity index (χ4n) is 1.73. The van der Waals surface area contributed by atoms with Gasteiger partial charge in [0, 0.05) is 6.04 Å². The molecule has 1 aromatic carbocycles. The van der Waals surface area contributed by atoms with Crippen LogP contribution in [0.1, 0.15) is 18.8 Å². The normalized spacial score (nSPS) is 13.9. The second kappa shape index (κ2) is 5.60. The van der Waals surface area contributed by atoms with Crippen LogP contribution in [-0.4, -0.2) is 13.2 Å². The van der Waals surface area contributed by atoms with Crippen LogP contribution in [0.5, 0.6) is 11.5 Å². The van der Waals surface area contributed by atoms with Gasteiger partial charge in [0.2, 0.25) is 0 Å². The lowest BCUT2D eigenvalue weighted by Gasteiger charge is -2.21. The molecule has 0 aliphatic heterocycles. The summed E-state index contributed by atoms with van der Waals surface area (Å²) in [5.41, 5.74) is 5.94. The molecule has 2 unspecified atom stereocenters. The van der Waals surface area contributed by atoms with Gasteiger partial charge in [0.05, 0.1) is 13.4 Å². The first kappa shape index (κ1) is 12.5. The molecule has 2 N–H and O–H groups in total. The predicted molar refractivity (Wildman–Crippen MR) is 68.7 cm³/mol. The highest BCUT2D eigenvalue weighted by molar-refractivity contribution is 5.39. The highest BCUT2D eigenvalue weighted by Crippen LogP contribution is 2.31. The minimum atomic E-state index is -0.337. The SMILES string of the molecule is COc1ccccc1OC(c1ccco1)C(C)N. The molecule has 4 heteroatoms. The number of hydrogen-bond acceptors (Lipinski definition) is 4. The largest absolute Gasteiger partial charge is 0.493 e. The topological polar surface area (TPSA) is 57.6 Å². The van der Waals surface area contributed by atoms with Crippen LogP contribution in [0.15, 0.2) is 47.1 Å². The minimum Gasteiger partial charge on any atom is -0.493 e. The molecule has 2 rings (SSSR count). The zero-order valence-electron chi connectivity index (χ0n) is 10.5. The van der Waals surface area contributed by atoms with Crippen LogP contribution in [0, 0.1) is 0 Å². The van der Waals surface area contributed by atoms with E-state index in [-0.39, 0.29) is 12.1 Å². The second-order valence-corrected chi connectivity index (χ2v) is 4.06. The van der Waals surface area contributed by atoms with Crippen molar-refractivity contribution in [2.75, 3.05) is 7.11 Å². The van der Waals surface area contributed by atoms with E-state index in [1.807, 2.05) is 43.3 Å². The number of furan rings is 1. The molecule has 0 amide bonds. The number of methoxy groups -OCH3 is 1. The molecule has 2 aromatic rings. The minimum absolute atomic E-state index is 0.193. The molecule has 4 nitrogen and oxygen atoms in total. The van der Waals surface area contributed by atoms with E-state index in [0.717, 1.165) is 0 Å². The molecular weight excluding hydrogens is 230 g/mol. The summed E-state index contributed by atoms with van der Waals surface area (Å²) in [4.78, 5) is 0. The Hall–Kier alpha value is -1.94. The van der Waals surface area contributed by atoms with Crippen LogP contribution < -0.4 is 15.2 Å². The molecule has 0 aliphatic carbocycles. The molecule has 2 atom stereocenters. The number of para-hydroxylation sites is 2. The number of rotatable bonds is 5. The maximum atomic E-state index is 5.94. The summed E-state index contributed by atoms with van der Waals surface area (Å²) >= 11 is 0. The van der Waals surface area contributed by atoms with E-state index in [4.69, 9.17) is 19.6 Å². The number of ether oxygens (including phenoxy) is 2. The molecule has 0 aliphatic rings. The van der Waals surface area contributed by atoms with Crippen molar-refractivity contribution in [2.24, 2.45) is 5.73 Å². The van der Waals surface area contributed by atoms with Crippen molar-refractivity contribution in [1.29, 1.82) is 0 Å². The Balaban J connectivity index is 2.24. The maximum absolute atomic E-state index is 5.94. The van der Waals surface area contributed by atoms with E-state index < -0.39 is 0 Å². The molecule has 0 saturated heterocycles. The molecule has 0 spiro atoms. The zero-order chi connectivity index (χ0) is 13.0. The lowest BCUT2D eigenvalue weighted by molar-refractivity contribution is 0.147. The molecule has 1 aromatic heterocycles. The third-order valence-electron chi connectivity index (χ3n) is 2.62. The standard InChI is InChI=1S/C14H17NO3/c1-10(15)14(13-8-5-9-17-13)18-12-7-4-3-6-11(12)16-2/h3-10,14H,15H2,1-2H3. The third-order valence-corrected chi connectivity index (χ3v) is 2.62. The van der Waals surface area contributed by atoms with Gasteiger partial charge in [0.15, 0.2) is 17.6 Å². The summed E-state index contributed by atoms with van der Waals surface area (Å²) in [6, 6.07) is 10.9. The molecule has 96 valence electrons. The Kier molecular flexibility index (Phi) is 3.89. The summed E-state index contributed by atoms with van der Waals surface area (Å²) in [6.07, 6.45) is 1.27. The fourth-order valence-corrected chi connectivity index (χ4v) is 1.73. The van der Waals surface area contributed by atoms with E-state index in [1.165, 1.54) is 0 Å². The summed E-state index contributed by atoms with van der Waals surface area (Å²) in [7, 11) is 1.61. The number of benzene rings is 1.